The number of fused-ring (bicyclic) bond motifs is 1. The van der Waals surface area contributed by atoms with Gasteiger partial charge in [-0.15, -0.1) is 0 Å². The highest BCUT2D eigenvalue weighted by atomic mass is 32.2. The van der Waals surface area contributed by atoms with Crippen molar-refractivity contribution in [3.63, 3.8) is 0 Å². The first kappa shape index (κ1) is 24.8. The SMILES string of the molecule is CCCCCCC(CN(CCCC)S(=O)(=O)c1cccc2cnccc12)NCCC. The van der Waals surface area contributed by atoms with Gasteiger partial charge in [-0.05, 0) is 37.9 Å². The molecule has 1 aromatic heterocycles. The lowest BCUT2D eigenvalue weighted by Gasteiger charge is -2.28. The van der Waals surface area contributed by atoms with Gasteiger partial charge in [0, 0.05) is 42.3 Å². The fourth-order valence-electron chi connectivity index (χ4n) is 3.77. The average molecular weight is 434 g/mol. The molecule has 0 aliphatic heterocycles. The van der Waals surface area contributed by atoms with Crippen molar-refractivity contribution in [2.75, 3.05) is 19.6 Å². The molecule has 168 valence electrons. The molecule has 1 heterocycles. The molecule has 1 atom stereocenters. The molecule has 0 amide bonds. The van der Waals surface area contributed by atoms with Crippen LogP contribution in [0.3, 0.4) is 0 Å². The minimum Gasteiger partial charge on any atom is -0.313 e. The van der Waals surface area contributed by atoms with Gasteiger partial charge in [-0.2, -0.15) is 4.31 Å². The van der Waals surface area contributed by atoms with Gasteiger partial charge in [0.15, 0.2) is 0 Å². The van der Waals surface area contributed by atoms with E-state index in [1.54, 1.807) is 28.8 Å². The first-order valence-electron chi connectivity index (χ1n) is 11.6. The van der Waals surface area contributed by atoms with Crippen LogP contribution in [0.25, 0.3) is 10.8 Å². The van der Waals surface area contributed by atoms with Crippen LogP contribution in [-0.2, 0) is 10.0 Å². The Labute approximate surface area is 183 Å². The third-order valence-corrected chi connectivity index (χ3v) is 7.46. The molecule has 2 aromatic rings. The third kappa shape index (κ3) is 7.03. The van der Waals surface area contributed by atoms with E-state index in [0.717, 1.165) is 49.4 Å². The van der Waals surface area contributed by atoms with Gasteiger partial charge in [-0.3, -0.25) is 4.98 Å². The number of nitrogens with zero attached hydrogens (tertiary/aromatic N) is 2. The van der Waals surface area contributed by atoms with Crippen molar-refractivity contribution in [3.05, 3.63) is 36.7 Å². The van der Waals surface area contributed by atoms with Crippen LogP contribution in [0.5, 0.6) is 0 Å². The second-order valence-electron chi connectivity index (χ2n) is 8.07. The quantitative estimate of drug-likeness (QED) is 0.384. The molecule has 1 unspecified atom stereocenters. The summed E-state index contributed by atoms with van der Waals surface area (Å²) >= 11 is 0. The molecule has 1 aromatic carbocycles. The normalized spacial score (nSPS) is 13.2. The van der Waals surface area contributed by atoms with E-state index in [9.17, 15) is 8.42 Å². The van der Waals surface area contributed by atoms with Gasteiger partial charge < -0.3 is 5.32 Å². The van der Waals surface area contributed by atoms with Crippen LogP contribution in [-0.4, -0.2) is 43.4 Å². The average Bonchev–Trinajstić information content (AvgIpc) is 2.76. The van der Waals surface area contributed by atoms with Crippen LogP contribution in [0.1, 0.15) is 72.1 Å². The van der Waals surface area contributed by atoms with E-state index in [1.165, 1.54) is 19.3 Å². The van der Waals surface area contributed by atoms with Crippen molar-refractivity contribution in [2.45, 2.75) is 83.1 Å². The van der Waals surface area contributed by atoms with Gasteiger partial charge in [0.1, 0.15) is 0 Å². The maximum absolute atomic E-state index is 13.7. The van der Waals surface area contributed by atoms with Crippen LogP contribution in [0.4, 0.5) is 0 Å². The van der Waals surface area contributed by atoms with Crippen molar-refractivity contribution < 1.29 is 8.42 Å². The summed E-state index contributed by atoms with van der Waals surface area (Å²) in [7, 11) is -3.59. The number of benzene rings is 1. The second kappa shape index (κ2) is 13.0. The van der Waals surface area contributed by atoms with Crippen LogP contribution >= 0.6 is 0 Å². The number of sulfonamides is 1. The minimum absolute atomic E-state index is 0.185. The van der Waals surface area contributed by atoms with Crippen LogP contribution in [0.15, 0.2) is 41.6 Å². The zero-order valence-electron chi connectivity index (χ0n) is 18.9. The predicted molar refractivity (Wildman–Crippen MR) is 126 cm³/mol. The van der Waals surface area contributed by atoms with E-state index >= 15 is 0 Å². The van der Waals surface area contributed by atoms with Crippen molar-refractivity contribution in [3.8, 4) is 0 Å². The van der Waals surface area contributed by atoms with E-state index in [0.29, 0.717) is 18.0 Å². The smallest absolute Gasteiger partial charge is 0.243 e. The molecule has 0 aliphatic rings. The molecule has 0 spiro atoms. The number of hydrogen-bond acceptors (Lipinski definition) is 4. The summed E-state index contributed by atoms with van der Waals surface area (Å²) in [6.07, 6.45) is 12.1. The monoisotopic (exact) mass is 433 g/mol. The Balaban J connectivity index is 2.28. The number of unbranched alkanes of at least 4 members (excludes halogenated alkanes) is 4. The molecule has 6 heteroatoms. The molecule has 5 nitrogen and oxygen atoms in total. The third-order valence-electron chi connectivity index (χ3n) is 5.53. The first-order chi connectivity index (χ1) is 14.5. The summed E-state index contributed by atoms with van der Waals surface area (Å²) < 4.78 is 29.1. The van der Waals surface area contributed by atoms with Gasteiger partial charge in [-0.25, -0.2) is 8.42 Å². The fraction of sp³-hybridized carbons (Fsp3) is 0.625. The van der Waals surface area contributed by atoms with E-state index < -0.39 is 10.0 Å². The number of nitrogens with one attached hydrogen (secondary N) is 1. The lowest BCUT2D eigenvalue weighted by atomic mass is 10.1. The van der Waals surface area contributed by atoms with E-state index in [4.69, 9.17) is 0 Å². The zero-order valence-corrected chi connectivity index (χ0v) is 19.8. The molecule has 0 aliphatic carbocycles. The Morgan fingerprint density at radius 2 is 1.80 bits per heavy atom. The van der Waals surface area contributed by atoms with E-state index in [2.05, 4.69) is 31.1 Å². The van der Waals surface area contributed by atoms with Gasteiger partial charge in [-0.1, -0.05) is 65.0 Å². The van der Waals surface area contributed by atoms with Crippen molar-refractivity contribution >= 4 is 20.8 Å². The molecule has 0 saturated heterocycles. The van der Waals surface area contributed by atoms with Crippen LogP contribution in [0, 0.1) is 0 Å². The summed E-state index contributed by atoms with van der Waals surface area (Å²) in [5.41, 5.74) is 0. The molecule has 0 saturated carbocycles. The van der Waals surface area contributed by atoms with E-state index in [-0.39, 0.29) is 6.04 Å². The van der Waals surface area contributed by atoms with Crippen LogP contribution < -0.4 is 5.32 Å². The number of rotatable bonds is 15. The summed E-state index contributed by atoms with van der Waals surface area (Å²) in [4.78, 5) is 4.53. The summed E-state index contributed by atoms with van der Waals surface area (Å²) in [6, 6.07) is 7.44. The van der Waals surface area contributed by atoms with Crippen molar-refractivity contribution in [1.82, 2.24) is 14.6 Å². The number of hydrogen-bond donors (Lipinski definition) is 1. The lowest BCUT2D eigenvalue weighted by molar-refractivity contribution is 0.331. The molecule has 0 radical (unpaired) electrons. The molecule has 0 bridgehead atoms. The molecule has 0 fully saturated rings. The van der Waals surface area contributed by atoms with E-state index in [1.807, 2.05) is 12.1 Å². The van der Waals surface area contributed by atoms with Crippen LogP contribution in [0.2, 0.25) is 0 Å². The first-order valence-corrected chi connectivity index (χ1v) is 13.0. The van der Waals surface area contributed by atoms with Gasteiger partial charge in [0.05, 0.1) is 4.90 Å². The Kier molecular flexibility index (Phi) is 10.8. The maximum Gasteiger partial charge on any atom is 0.243 e. The topological polar surface area (TPSA) is 62.3 Å². The zero-order chi connectivity index (χ0) is 21.8. The Hall–Kier alpha value is -1.50. The van der Waals surface area contributed by atoms with Crippen molar-refractivity contribution in [2.24, 2.45) is 0 Å². The fourth-order valence-corrected chi connectivity index (χ4v) is 5.51. The summed E-state index contributed by atoms with van der Waals surface area (Å²) in [5.74, 6) is 0. The number of aromatic nitrogens is 1. The molecular weight excluding hydrogens is 394 g/mol. The van der Waals surface area contributed by atoms with Gasteiger partial charge in [0.2, 0.25) is 10.0 Å². The number of pyridine rings is 1. The predicted octanol–water partition coefficient (Wildman–Crippen LogP) is 5.36. The molecule has 2 rings (SSSR count). The lowest BCUT2D eigenvalue weighted by Crippen LogP contribution is -2.44. The summed E-state index contributed by atoms with van der Waals surface area (Å²) in [5, 5.41) is 5.20. The molecule has 1 N–H and O–H groups in total. The summed E-state index contributed by atoms with van der Waals surface area (Å²) in [6.45, 7) is 8.46. The van der Waals surface area contributed by atoms with Gasteiger partial charge in [0.25, 0.3) is 0 Å². The maximum atomic E-state index is 13.7. The standard InChI is InChI=1S/C24H39N3O2S/c1-4-7-9-10-13-22(26-16-6-3)20-27(18-8-5-2)30(28,29)24-14-11-12-21-19-25-17-15-23(21)24/h11-12,14-15,17,19,22,26H,4-10,13,16,18,20H2,1-3H3. The van der Waals surface area contributed by atoms with Gasteiger partial charge >= 0.3 is 0 Å². The highest BCUT2D eigenvalue weighted by Gasteiger charge is 2.28. The molecule has 30 heavy (non-hydrogen) atoms. The Morgan fingerprint density at radius 3 is 2.53 bits per heavy atom. The highest BCUT2D eigenvalue weighted by molar-refractivity contribution is 7.89. The van der Waals surface area contributed by atoms with Crippen molar-refractivity contribution in [1.29, 1.82) is 0 Å². The Morgan fingerprint density at radius 1 is 1.00 bits per heavy atom. The highest BCUT2D eigenvalue weighted by Crippen LogP contribution is 2.26. The largest absolute Gasteiger partial charge is 0.313 e. The molecular formula is C24H39N3O2S. The Bertz CT molecular complexity index is 849. The second-order valence-corrected chi connectivity index (χ2v) is 9.98. The minimum atomic E-state index is -3.59.